The Labute approximate surface area is 153 Å². The molecule has 0 unspecified atom stereocenters. The van der Waals surface area contributed by atoms with E-state index in [2.05, 4.69) is 10.3 Å². The van der Waals surface area contributed by atoms with Gasteiger partial charge < -0.3 is 20.5 Å². The van der Waals surface area contributed by atoms with E-state index < -0.39 is 0 Å². The molecule has 0 aliphatic rings. The molecule has 0 saturated heterocycles. The van der Waals surface area contributed by atoms with Crippen molar-refractivity contribution in [2.75, 3.05) is 26.1 Å². The molecule has 0 atom stereocenters. The average molecular weight is 427 g/mol. The first-order valence-electron chi connectivity index (χ1n) is 7.05. The molecule has 2 aromatic rings. The van der Waals surface area contributed by atoms with Crippen LogP contribution < -0.4 is 20.5 Å². The number of nitrogens with zero attached hydrogens (tertiary/aromatic N) is 1. The second-order valence-electron chi connectivity index (χ2n) is 4.72. The number of nitrogens with one attached hydrogen (secondary N) is 1. The van der Waals surface area contributed by atoms with Gasteiger partial charge in [0, 0.05) is 12.2 Å². The van der Waals surface area contributed by atoms with Crippen LogP contribution >= 0.6 is 24.0 Å². The van der Waals surface area contributed by atoms with E-state index in [-0.39, 0.29) is 24.0 Å². The van der Waals surface area contributed by atoms with Crippen LogP contribution in [0, 0.1) is 0 Å². The van der Waals surface area contributed by atoms with Crippen LogP contribution in [0.5, 0.6) is 11.5 Å². The number of guanidine groups is 1. The SMILES string of the molecule is COc1ccc(CCN=C(N)Nc2ccc(OC)cc2)cc1.I. The molecule has 0 aliphatic heterocycles. The number of hydrogen-bond donors (Lipinski definition) is 2. The Kier molecular flexibility index (Phi) is 8.25. The summed E-state index contributed by atoms with van der Waals surface area (Å²) >= 11 is 0. The van der Waals surface area contributed by atoms with E-state index >= 15 is 0 Å². The van der Waals surface area contributed by atoms with E-state index in [1.807, 2.05) is 48.5 Å². The topological polar surface area (TPSA) is 68.9 Å². The Balaban J connectivity index is 0.00000264. The lowest BCUT2D eigenvalue weighted by atomic mass is 10.1. The molecular formula is C17H22IN3O2. The first-order chi connectivity index (χ1) is 10.7. The molecular weight excluding hydrogens is 405 g/mol. The minimum atomic E-state index is 0. The van der Waals surface area contributed by atoms with Crippen LogP contribution in [0.2, 0.25) is 0 Å². The third-order valence-electron chi connectivity index (χ3n) is 3.20. The predicted octanol–water partition coefficient (Wildman–Crippen LogP) is 3.29. The van der Waals surface area contributed by atoms with Crippen LogP contribution in [0.3, 0.4) is 0 Å². The maximum atomic E-state index is 5.87. The fourth-order valence-electron chi connectivity index (χ4n) is 1.96. The molecule has 0 amide bonds. The summed E-state index contributed by atoms with van der Waals surface area (Å²) in [6.45, 7) is 0.626. The lowest BCUT2D eigenvalue weighted by Gasteiger charge is -2.07. The number of methoxy groups -OCH3 is 2. The van der Waals surface area contributed by atoms with Gasteiger partial charge in [-0.25, -0.2) is 0 Å². The summed E-state index contributed by atoms with van der Waals surface area (Å²) < 4.78 is 10.2. The highest BCUT2D eigenvalue weighted by molar-refractivity contribution is 14.0. The summed E-state index contributed by atoms with van der Waals surface area (Å²) in [4.78, 5) is 4.32. The maximum Gasteiger partial charge on any atom is 0.193 e. The highest BCUT2D eigenvalue weighted by atomic mass is 127. The molecule has 124 valence electrons. The molecule has 0 radical (unpaired) electrons. The Bertz CT molecular complexity index is 613. The van der Waals surface area contributed by atoms with E-state index in [9.17, 15) is 0 Å². The Morgan fingerprint density at radius 3 is 2.00 bits per heavy atom. The van der Waals surface area contributed by atoms with Crippen molar-refractivity contribution in [2.24, 2.45) is 10.7 Å². The summed E-state index contributed by atoms with van der Waals surface area (Å²) in [5.41, 5.74) is 7.95. The lowest BCUT2D eigenvalue weighted by molar-refractivity contribution is 0.414. The first-order valence-corrected chi connectivity index (χ1v) is 7.05. The number of aliphatic imine (C=N–C) groups is 1. The second-order valence-corrected chi connectivity index (χ2v) is 4.72. The third kappa shape index (κ3) is 6.35. The van der Waals surface area contributed by atoms with Gasteiger partial charge in [0.1, 0.15) is 11.5 Å². The normalized spacial score (nSPS) is 10.6. The Morgan fingerprint density at radius 1 is 0.957 bits per heavy atom. The summed E-state index contributed by atoms with van der Waals surface area (Å²) in [6.07, 6.45) is 0.828. The van der Waals surface area contributed by atoms with E-state index in [1.165, 1.54) is 5.56 Å². The van der Waals surface area contributed by atoms with Crippen LogP contribution in [-0.4, -0.2) is 26.7 Å². The van der Waals surface area contributed by atoms with Crippen molar-refractivity contribution in [3.63, 3.8) is 0 Å². The fraction of sp³-hybridized carbons (Fsp3) is 0.235. The molecule has 0 bridgehead atoms. The average Bonchev–Trinajstić information content (AvgIpc) is 2.56. The van der Waals surface area contributed by atoms with Crippen molar-refractivity contribution in [1.82, 2.24) is 0 Å². The summed E-state index contributed by atoms with van der Waals surface area (Å²) in [5, 5.41) is 3.05. The molecule has 23 heavy (non-hydrogen) atoms. The number of benzene rings is 2. The van der Waals surface area contributed by atoms with E-state index in [4.69, 9.17) is 15.2 Å². The van der Waals surface area contributed by atoms with Gasteiger partial charge in [0.15, 0.2) is 5.96 Å². The minimum Gasteiger partial charge on any atom is -0.497 e. The molecule has 0 aliphatic carbocycles. The molecule has 0 saturated carbocycles. The zero-order chi connectivity index (χ0) is 15.8. The van der Waals surface area contributed by atoms with Crippen LogP contribution in [0.15, 0.2) is 53.5 Å². The van der Waals surface area contributed by atoms with Crippen LogP contribution in [0.25, 0.3) is 0 Å². The number of rotatable bonds is 6. The number of nitrogens with two attached hydrogens (primary N) is 1. The molecule has 0 heterocycles. The molecule has 0 spiro atoms. The largest absolute Gasteiger partial charge is 0.497 e. The molecule has 0 fully saturated rings. The van der Waals surface area contributed by atoms with Crippen molar-refractivity contribution >= 4 is 35.6 Å². The first kappa shape index (κ1) is 19.1. The van der Waals surface area contributed by atoms with Crippen LogP contribution in [0.1, 0.15) is 5.56 Å². The van der Waals surface area contributed by atoms with Crippen molar-refractivity contribution in [2.45, 2.75) is 6.42 Å². The Morgan fingerprint density at radius 2 is 1.48 bits per heavy atom. The van der Waals surface area contributed by atoms with Crippen LogP contribution in [0.4, 0.5) is 5.69 Å². The van der Waals surface area contributed by atoms with Gasteiger partial charge in [0.05, 0.1) is 14.2 Å². The maximum absolute atomic E-state index is 5.87. The lowest BCUT2D eigenvalue weighted by Crippen LogP contribution is -2.23. The van der Waals surface area contributed by atoms with Gasteiger partial charge in [-0.1, -0.05) is 12.1 Å². The number of ether oxygens (including phenoxy) is 2. The molecule has 5 nitrogen and oxygen atoms in total. The number of anilines is 1. The van der Waals surface area contributed by atoms with Gasteiger partial charge in [0.2, 0.25) is 0 Å². The number of hydrogen-bond acceptors (Lipinski definition) is 3. The Hall–Kier alpha value is -1.96. The van der Waals surface area contributed by atoms with Gasteiger partial charge >= 0.3 is 0 Å². The monoisotopic (exact) mass is 427 g/mol. The van der Waals surface area contributed by atoms with Gasteiger partial charge in [-0.2, -0.15) is 0 Å². The fourth-order valence-corrected chi connectivity index (χ4v) is 1.96. The quantitative estimate of drug-likeness (QED) is 0.422. The van der Waals surface area contributed by atoms with Crippen molar-refractivity contribution < 1.29 is 9.47 Å². The van der Waals surface area contributed by atoms with E-state index in [0.717, 1.165) is 23.6 Å². The summed E-state index contributed by atoms with van der Waals surface area (Å²) in [6, 6.07) is 15.5. The third-order valence-corrected chi connectivity index (χ3v) is 3.20. The van der Waals surface area contributed by atoms with Crippen LogP contribution in [-0.2, 0) is 6.42 Å². The van der Waals surface area contributed by atoms with Gasteiger partial charge in [-0.3, -0.25) is 4.99 Å². The standard InChI is InChI=1S/C17H21N3O2.HI/c1-21-15-7-3-13(4-8-15)11-12-19-17(18)20-14-5-9-16(22-2)10-6-14;/h3-10H,11-12H2,1-2H3,(H3,18,19,20);1H. The van der Waals surface area contributed by atoms with E-state index in [1.54, 1.807) is 14.2 Å². The summed E-state index contributed by atoms with van der Waals surface area (Å²) in [5.74, 6) is 2.06. The van der Waals surface area contributed by atoms with Crippen molar-refractivity contribution in [3.05, 3.63) is 54.1 Å². The highest BCUT2D eigenvalue weighted by Crippen LogP contribution is 2.14. The molecule has 0 aromatic heterocycles. The van der Waals surface area contributed by atoms with E-state index in [0.29, 0.717) is 12.5 Å². The predicted molar refractivity (Wildman–Crippen MR) is 105 cm³/mol. The molecule has 2 aromatic carbocycles. The smallest absolute Gasteiger partial charge is 0.193 e. The summed E-state index contributed by atoms with van der Waals surface area (Å²) in [7, 11) is 3.29. The van der Waals surface area contributed by atoms with Crippen molar-refractivity contribution in [1.29, 1.82) is 0 Å². The zero-order valence-corrected chi connectivity index (χ0v) is 15.6. The van der Waals surface area contributed by atoms with Gasteiger partial charge in [-0.15, -0.1) is 24.0 Å². The second kappa shape index (κ2) is 9.94. The molecule has 3 N–H and O–H groups in total. The minimum absolute atomic E-state index is 0. The molecule has 6 heteroatoms. The molecule has 2 rings (SSSR count). The highest BCUT2D eigenvalue weighted by Gasteiger charge is 1.97. The number of halogens is 1. The zero-order valence-electron chi connectivity index (χ0n) is 13.3. The van der Waals surface area contributed by atoms with Gasteiger partial charge in [0.25, 0.3) is 0 Å². The van der Waals surface area contributed by atoms with Gasteiger partial charge in [-0.05, 0) is 48.4 Å². The van der Waals surface area contributed by atoms with Crippen molar-refractivity contribution in [3.8, 4) is 11.5 Å².